The van der Waals surface area contributed by atoms with E-state index in [-0.39, 0.29) is 5.25 Å². The Morgan fingerprint density at radius 2 is 1.83 bits per heavy atom. The van der Waals surface area contributed by atoms with Gasteiger partial charge in [0, 0.05) is 18.5 Å². The van der Waals surface area contributed by atoms with E-state index in [1.807, 2.05) is 0 Å². The van der Waals surface area contributed by atoms with E-state index >= 15 is 0 Å². The molecule has 6 heteroatoms. The molecule has 0 bridgehead atoms. The highest BCUT2D eigenvalue weighted by Gasteiger charge is 2.25. The van der Waals surface area contributed by atoms with Crippen LogP contribution in [0.4, 0.5) is 12.9 Å². The molecule has 1 fully saturated rings. The first kappa shape index (κ1) is 10.2. The van der Waals surface area contributed by atoms with Crippen LogP contribution in [0.2, 0.25) is 0 Å². The Kier molecular flexibility index (Phi) is 3.77. The van der Waals surface area contributed by atoms with Crippen molar-refractivity contribution in [2.24, 2.45) is 0 Å². The monoisotopic (exact) mass is 199 g/mol. The first-order valence-electron chi connectivity index (χ1n) is 3.98. The van der Waals surface area contributed by atoms with Gasteiger partial charge in [0.2, 0.25) is 0 Å². The van der Waals surface area contributed by atoms with Crippen LogP contribution in [0.3, 0.4) is 0 Å². The average molecular weight is 199 g/mol. The molecule has 1 aliphatic rings. The fraction of sp³-hybridized carbons (Fsp3) is 1.00. The second kappa shape index (κ2) is 4.41. The quantitative estimate of drug-likeness (QED) is 0.645. The van der Waals surface area contributed by atoms with Gasteiger partial charge < -0.3 is 17.7 Å². The van der Waals surface area contributed by atoms with Crippen molar-refractivity contribution in [1.82, 2.24) is 0 Å². The van der Waals surface area contributed by atoms with Gasteiger partial charge >= 0.3 is 6.98 Å². The molecule has 0 amide bonds. The smallest absolute Gasteiger partial charge is 0.448 e. The molecule has 0 N–H and O–H groups in total. The standard InChI is InChI=1S/C6H11BF3OS/c8-7(9,10)5-12-6-1-3-11-4-2-6/h6H,1-5H2/q-1. The Morgan fingerprint density at radius 1 is 1.25 bits per heavy atom. The molecule has 0 aliphatic carbocycles. The van der Waals surface area contributed by atoms with Gasteiger partial charge in [-0.05, 0) is 18.5 Å². The third-order valence-corrected chi connectivity index (χ3v) is 3.20. The molecule has 12 heavy (non-hydrogen) atoms. The van der Waals surface area contributed by atoms with Crippen LogP contribution in [0.1, 0.15) is 12.8 Å². The van der Waals surface area contributed by atoms with Gasteiger partial charge in [0.25, 0.3) is 0 Å². The molecule has 0 saturated carbocycles. The van der Waals surface area contributed by atoms with Crippen molar-refractivity contribution in [2.75, 3.05) is 18.9 Å². The SMILES string of the molecule is F[B-](F)(F)CSC1CCOCC1. The summed E-state index contributed by atoms with van der Waals surface area (Å²) in [6, 6.07) is 0. The normalized spacial score (nSPS) is 21.2. The highest BCUT2D eigenvalue weighted by Crippen LogP contribution is 2.26. The summed E-state index contributed by atoms with van der Waals surface area (Å²) >= 11 is 1.03. The molecular formula is C6H11BF3OS-. The molecule has 0 unspecified atom stereocenters. The van der Waals surface area contributed by atoms with Gasteiger partial charge in [0.15, 0.2) is 0 Å². The molecule has 1 nitrogen and oxygen atoms in total. The fourth-order valence-electron chi connectivity index (χ4n) is 1.09. The summed E-state index contributed by atoms with van der Waals surface area (Å²) < 4.78 is 40.5. The molecule has 1 rings (SSSR count). The van der Waals surface area contributed by atoms with Crippen LogP contribution in [0, 0.1) is 0 Å². The van der Waals surface area contributed by atoms with Gasteiger partial charge in [-0.15, -0.1) is 0 Å². The Balaban J connectivity index is 2.13. The molecule has 0 aromatic heterocycles. The first-order valence-corrected chi connectivity index (χ1v) is 5.03. The molecule has 0 aromatic carbocycles. The predicted molar refractivity (Wildman–Crippen MR) is 45.4 cm³/mol. The van der Waals surface area contributed by atoms with Crippen molar-refractivity contribution in [3.8, 4) is 0 Å². The van der Waals surface area contributed by atoms with E-state index in [0.29, 0.717) is 13.2 Å². The van der Waals surface area contributed by atoms with Crippen LogP contribution >= 0.6 is 11.8 Å². The lowest BCUT2D eigenvalue weighted by atomic mass is 9.98. The molecule has 0 radical (unpaired) electrons. The second-order valence-electron chi connectivity index (χ2n) is 2.86. The van der Waals surface area contributed by atoms with Crippen LogP contribution in [-0.2, 0) is 4.74 Å². The average Bonchev–Trinajstić information content (AvgIpc) is 2.02. The van der Waals surface area contributed by atoms with E-state index in [0.717, 1.165) is 24.6 Å². The van der Waals surface area contributed by atoms with E-state index < -0.39 is 12.6 Å². The summed E-state index contributed by atoms with van der Waals surface area (Å²) in [5.74, 6) is 0. The minimum atomic E-state index is -4.61. The summed E-state index contributed by atoms with van der Waals surface area (Å²) in [6.07, 6.45) is 1.52. The maximum absolute atomic E-state index is 11.8. The predicted octanol–water partition coefficient (Wildman–Crippen LogP) is 2.29. The van der Waals surface area contributed by atoms with Crippen molar-refractivity contribution >= 4 is 18.7 Å². The van der Waals surface area contributed by atoms with E-state index in [9.17, 15) is 12.9 Å². The van der Waals surface area contributed by atoms with E-state index in [1.54, 1.807) is 0 Å². The highest BCUT2D eigenvalue weighted by molar-refractivity contribution is 8.01. The van der Waals surface area contributed by atoms with E-state index in [4.69, 9.17) is 4.74 Å². The summed E-state index contributed by atoms with van der Waals surface area (Å²) in [4.78, 5) is 0. The maximum Gasteiger partial charge on any atom is 0.488 e. The third kappa shape index (κ3) is 4.26. The van der Waals surface area contributed by atoms with E-state index in [2.05, 4.69) is 0 Å². The van der Waals surface area contributed by atoms with Crippen LogP contribution in [0.5, 0.6) is 0 Å². The Bertz CT molecular complexity index is 135. The highest BCUT2D eigenvalue weighted by atomic mass is 32.2. The lowest BCUT2D eigenvalue weighted by Crippen LogP contribution is -2.24. The van der Waals surface area contributed by atoms with Gasteiger partial charge in [-0.25, -0.2) is 0 Å². The first-order chi connectivity index (χ1) is 5.58. The minimum absolute atomic E-state index is 0.155. The zero-order valence-corrected chi connectivity index (χ0v) is 7.46. The van der Waals surface area contributed by atoms with Crippen LogP contribution in [-0.4, -0.2) is 31.1 Å². The zero-order chi connectivity index (χ0) is 9.03. The molecule has 1 saturated heterocycles. The topological polar surface area (TPSA) is 9.23 Å². The number of thioether (sulfide) groups is 1. The van der Waals surface area contributed by atoms with Crippen molar-refractivity contribution in [2.45, 2.75) is 18.1 Å². The molecule has 1 heterocycles. The van der Waals surface area contributed by atoms with Gasteiger partial charge in [0.05, 0.1) is 0 Å². The van der Waals surface area contributed by atoms with Crippen molar-refractivity contribution in [3.63, 3.8) is 0 Å². The summed E-state index contributed by atoms with van der Waals surface area (Å²) in [7, 11) is 0. The number of hydrogen-bond donors (Lipinski definition) is 0. The number of rotatable bonds is 3. The van der Waals surface area contributed by atoms with Crippen LogP contribution in [0.25, 0.3) is 0 Å². The molecule has 1 aliphatic heterocycles. The van der Waals surface area contributed by atoms with Gasteiger partial charge in [-0.1, -0.05) is 0 Å². The zero-order valence-electron chi connectivity index (χ0n) is 6.64. The second-order valence-corrected chi connectivity index (χ2v) is 4.19. The molecule has 0 atom stereocenters. The minimum Gasteiger partial charge on any atom is -0.448 e. The molecule has 72 valence electrons. The molecular weight excluding hydrogens is 188 g/mol. The Morgan fingerprint density at radius 3 is 2.33 bits per heavy atom. The Labute approximate surface area is 74.1 Å². The number of ether oxygens (including phenoxy) is 1. The lowest BCUT2D eigenvalue weighted by molar-refractivity contribution is 0.100. The van der Waals surface area contributed by atoms with Crippen LogP contribution < -0.4 is 0 Å². The van der Waals surface area contributed by atoms with Gasteiger partial charge in [-0.3, -0.25) is 0 Å². The van der Waals surface area contributed by atoms with E-state index in [1.165, 1.54) is 0 Å². The number of halogens is 3. The fourth-order valence-corrected chi connectivity index (χ4v) is 2.10. The summed E-state index contributed by atoms with van der Waals surface area (Å²) in [6.45, 7) is -3.38. The maximum atomic E-state index is 11.8. The Hall–Kier alpha value is 0.165. The largest absolute Gasteiger partial charge is 0.488 e. The molecule has 0 spiro atoms. The third-order valence-electron chi connectivity index (χ3n) is 1.69. The summed E-state index contributed by atoms with van der Waals surface area (Å²) in [5, 5.41) is 0.155. The van der Waals surface area contributed by atoms with Crippen LogP contribution in [0.15, 0.2) is 0 Å². The summed E-state index contributed by atoms with van der Waals surface area (Å²) in [5.41, 5.74) is -0.662. The number of hydrogen-bond acceptors (Lipinski definition) is 2. The van der Waals surface area contributed by atoms with Crippen molar-refractivity contribution in [1.29, 1.82) is 0 Å². The van der Waals surface area contributed by atoms with Gasteiger partial charge in [0.1, 0.15) is 0 Å². The lowest BCUT2D eigenvalue weighted by Gasteiger charge is -2.24. The van der Waals surface area contributed by atoms with Crippen molar-refractivity contribution < 1.29 is 17.7 Å². The van der Waals surface area contributed by atoms with Crippen molar-refractivity contribution in [3.05, 3.63) is 0 Å². The van der Waals surface area contributed by atoms with Gasteiger partial charge in [-0.2, -0.15) is 11.8 Å². The molecule has 0 aromatic rings.